The van der Waals surface area contributed by atoms with E-state index in [4.69, 9.17) is 14.2 Å². The third kappa shape index (κ3) is 2.18. The first-order chi connectivity index (χ1) is 16.4. The van der Waals surface area contributed by atoms with Gasteiger partial charge in [-0.1, -0.05) is 19.9 Å². The second kappa shape index (κ2) is 6.29. The Kier molecular flexibility index (Phi) is 4.07. The van der Waals surface area contributed by atoms with Crippen molar-refractivity contribution >= 4 is 11.8 Å². The molecule has 2 saturated heterocycles. The molecule has 7 nitrogen and oxygen atoms in total. The molecular weight excluding hydrogens is 448 g/mol. The Morgan fingerprint density at radius 2 is 1.83 bits per heavy atom. The number of hydrogen-bond donors (Lipinski definition) is 2. The van der Waals surface area contributed by atoms with Gasteiger partial charge in [0.15, 0.2) is 17.7 Å². The number of allylic oxidation sites excluding steroid dienone is 1. The molecule has 3 saturated carbocycles. The Morgan fingerprint density at radius 3 is 2.51 bits per heavy atom. The molecule has 7 rings (SSSR count). The number of esters is 1. The molecule has 0 radical (unpaired) electrons. The van der Waals surface area contributed by atoms with Crippen molar-refractivity contribution in [3.05, 3.63) is 23.3 Å². The number of epoxide rings is 1. The topological polar surface area (TPSA) is 106 Å². The van der Waals surface area contributed by atoms with Gasteiger partial charge in [0.1, 0.15) is 11.7 Å². The molecule has 5 fully saturated rings. The smallest absolute Gasteiger partial charge is 0.334 e. The van der Waals surface area contributed by atoms with E-state index in [0.717, 1.165) is 24.8 Å². The van der Waals surface area contributed by atoms with Gasteiger partial charge in [-0.15, -0.1) is 0 Å². The van der Waals surface area contributed by atoms with Crippen LogP contribution in [0.5, 0.6) is 0 Å². The maximum Gasteiger partial charge on any atom is 0.334 e. The van der Waals surface area contributed by atoms with Gasteiger partial charge >= 0.3 is 5.97 Å². The highest BCUT2D eigenvalue weighted by atomic mass is 16.7. The van der Waals surface area contributed by atoms with Crippen LogP contribution in [0.1, 0.15) is 66.7 Å². The lowest BCUT2D eigenvalue weighted by atomic mass is 9.42. The van der Waals surface area contributed by atoms with Gasteiger partial charge in [-0.25, -0.2) is 4.79 Å². The largest absolute Gasteiger partial charge is 0.452 e. The van der Waals surface area contributed by atoms with Crippen molar-refractivity contribution in [2.75, 3.05) is 0 Å². The molecule has 0 aromatic rings. The molecule has 1 spiro atoms. The molecule has 1 unspecified atom stereocenters. The molecule has 7 aliphatic rings. The fourth-order valence-corrected chi connectivity index (χ4v) is 9.96. The summed E-state index contributed by atoms with van der Waals surface area (Å²) in [7, 11) is 0. The fourth-order valence-electron chi connectivity index (χ4n) is 9.96. The summed E-state index contributed by atoms with van der Waals surface area (Å²) in [6.45, 7) is 9.59. The minimum absolute atomic E-state index is 0.00175. The fraction of sp³-hybridized carbons (Fsp3) is 0.786. The standard InChI is InChI=1S/C28H36O7/c1-13-14(2)23(30)33-21(13)22-15(3)26(31)10-8-17-16-11-20-27(34-20)9-6-7-19(29)24(27,4)18(16)12-28(32,35-22)25(17,26)5/h6-7,15-18,20-22,31-32H,8-12H2,1-5H3/t15-,16+,17+,18+,20-,21+,22?,24+,25+,26-,27-,28+/m1/s1. The van der Waals surface area contributed by atoms with Crippen LogP contribution in [-0.4, -0.2) is 57.3 Å². The van der Waals surface area contributed by atoms with Gasteiger partial charge in [-0.05, 0) is 75.9 Å². The zero-order valence-corrected chi connectivity index (χ0v) is 21.2. The van der Waals surface area contributed by atoms with Gasteiger partial charge in [0.25, 0.3) is 0 Å². The summed E-state index contributed by atoms with van der Waals surface area (Å²) >= 11 is 0. The van der Waals surface area contributed by atoms with E-state index in [1.165, 1.54) is 0 Å². The van der Waals surface area contributed by atoms with Crippen molar-refractivity contribution in [1.29, 1.82) is 0 Å². The number of aliphatic hydroxyl groups is 2. The molecule has 12 atom stereocenters. The Morgan fingerprint density at radius 1 is 1.09 bits per heavy atom. The van der Waals surface area contributed by atoms with E-state index >= 15 is 0 Å². The molecule has 0 amide bonds. The van der Waals surface area contributed by atoms with Crippen LogP contribution >= 0.6 is 0 Å². The van der Waals surface area contributed by atoms with Crippen molar-refractivity contribution < 1.29 is 34.0 Å². The van der Waals surface area contributed by atoms with E-state index in [1.54, 1.807) is 13.0 Å². The SMILES string of the molecule is CC1=C(C)[C@@H](C2O[C@@]3(O)C[C@H]4[C@@H](C[C@H]5O[C@]56CC=CC(=O)[C@]46C)[C@@H]4CC[C@@](O)([C@@H]2C)[C@]43C)OC1=O. The van der Waals surface area contributed by atoms with Crippen LogP contribution < -0.4 is 0 Å². The third-order valence-corrected chi connectivity index (χ3v) is 12.4. The van der Waals surface area contributed by atoms with E-state index in [9.17, 15) is 19.8 Å². The first kappa shape index (κ1) is 22.6. The summed E-state index contributed by atoms with van der Waals surface area (Å²) in [6.07, 6.45) is 5.49. The third-order valence-electron chi connectivity index (χ3n) is 12.4. The lowest BCUT2D eigenvalue weighted by Crippen LogP contribution is -2.76. The lowest BCUT2D eigenvalue weighted by molar-refractivity contribution is -0.414. The van der Waals surface area contributed by atoms with Crippen LogP contribution in [0.2, 0.25) is 0 Å². The van der Waals surface area contributed by atoms with Crippen LogP contribution in [0, 0.1) is 34.5 Å². The average Bonchev–Trinajstić information content (AvgIpc) is 3.36. The normalized spacial score (nSPS) is 60.0. The Labute approximate surface area is 205 Å². The Hall–Kier alpha value is -1.54. The highest BCUT2D eigenvalue weighted by molar-refractivity contribution is 5.97. The molecule has 190 valence electrons. The zero-order chi connectivity index (χ0) is 24.9. The molecule has 35 heavy (non-hydrogen) atoms. The van der Waals surface area contributed by atoms with Gasteiger partial charge in [-0.2, -0.15) is 0 Å². The summed E-state index contributed by atoms with van der Waals surface area (Å²) in [5.41, 5.74) is -1.95. The summed E-state index contributed by atoms with van der Waals surface area (Å²) in [4.78, 5) is 25.8. The molecule has 0 bridgehead atoms. The van der Waals surface area contributed by atoms with Crippen molar-refractivity contribution in [2.45, 2.75) is 102 Å². The second-order valence-corrected chi connectivity index (χ2v) is 12.9. The number of hydrogen-bond acceptors (Lipinski definition) is 7. The molecular formula is C28H36O7. The number of carbonyl (C=O) groups excluding carboxylic acids is 2. The van der Waals surface area contributed by atoms with Gasteiger partial charge in [0.2, 0.25) is 0 Å². The zero-order valence-electron chi connectivity index (χ0n) is 21.2. The van der Waals surface area contributed by atoms with Crippen molar-refractivity contribution in [3.8, 4) is 0 Å². The summed E-state index contributed by atoms with van der Waals surface area (Å²) in [6, 6.07) is 0. The number of cyclic esters (lactones) is 1. The highest BCUT2D eigenvalue weighted by Crippen LogP contribution is 2.77. The number of ether oxygens (including phenoxy) is 3. The number of carbonyl (C=O) groups is 2. The molecule has 0 aromatic heterocycles. The quantitative estimate of drug-likeness (QED) is 0.436. The lowest BCUT2D eigenvalue weighted by Gasteiger charge is -2.67. The molecule has 7 heteroatoms. The summed E-state index contributed by atoms with van der Waals surface area (Å²) in [5.74, 6) is -2.26. The molecule has 3 heterocycles. The molecule has 0 aromatic carbocycles. The number of rotatable bonds is 1. The van der Waals surface area contributed by atoms with E-state index in [-0.39, 0.29) is 47.9 Å². The number of ketones is 1. The van der Waals surface area contributed by atoms with Gasteiger partial charge < -0.3 is 24.4 Å². The van der Waals surface area contributed by atoms with E-state index < -0.39 is 40.0 Å². The summed E-state index contributed by atoms with van der Waals surface area (Å²) < 4.78 is 18.7. The predicted molar refractivity (Wildman–Crippen MR) is 124 cm³/mol. The van der Waals surface area contributed by atoms with Crippen LogP contribution in [-0.2, 0) is 23.8 Å². The van der Waals surface area contributed by atoms with Crippen LogP contribution in [0.15, 0.2) is 23.3 Å². The van der Waals surface area contributed by atoms with E-state index in [2.05, 4.69) is 0 Å². The number of fused-ring (bicyclic) bond motifs is 3. The average molecular weight is 485 g/mol. The molecule has 4 aliphatic carbocycles. The van der Waals surface area contributed by atoms with E-state index in [1.807, 2.05) is 33.8 Å². The Balaban J connectivity index is 1.35. The van der Waals surface area contributed by atoms with Gasteiger partial charge in [-0.3, -0.25) is 4.79 Å². The van der Waals surface area contributed by atoms with Crippen LogP contribution in [0.25, 0.3) is 0 Å². The molecule has 3 aliphatic heterocycles. The summed E-state index contributed by atoms with van der Waals surface area (Å²) in [5, 5.41) is 24.8. The van der Waals surface area contributed by atoms with E-state index in [0.29, 0.717) is 12.0 Å². The molecule has 2 N–H and O–H groups in total. The monoisotopic (exact) mass is 484 g/mol. The van der Waals surface area contributed by atoms with Crippen molar-refractivity contribution in [1.82, 2.24) is 0 Å². The predicted octanol–water partition coefficient (Wildman–Crippen LogP) is 2.83. The maximum atomic E-state index is 13.5. The highest BCUT2D eigenvalue weighted by Gasteiger charge is 2.83. The van der Waals surface area contributed by atoms with Crippen molar-refractivity contribution in [3.63, 3.8) is 0 Å². The maximum absolute atomic E-state index is 13.5. The minimum Gasteiger partial charge on any atom is -0.452 e. The Bertz CT molecular complexity index is 1130. The minimum atomic E-state index is -1.65. The first-order valence-electron chi connectivity index (χ1n) is 13.3. The van der Waals surface area contributed by atoms with Crippen molar-refractivity contribution in [2.24, 2.45) is 34.5 Å². The van der Waals surface area contributed by atoms with Crippen LogP contribution in [0.3, 0.4) is 0 Å². The van der Waals surface area contributed by atoms with Crippen LogP contribution in [0.4, 0.5) is 0 Å². The van der Waals surface area contributed by atoms with Gasteiger partial charge in [0, 0.05) is 17.9 Å². The second-order valence-electron chi connectivity index (χ2n) is 12.9. The van der Waals surface area contributed by atoms with Gasteiger partial charge in [0.05, 0.1) is 22.5 Å². The first-order valence-corrected chi connectivity index (χ1v) is 13.3.